The van der Waals surface area contributed by atoms with Gasteiger partial charge in [-0.3, -0.25) is 9.88 Å². The molecule has 2 heterocycles. The van der Waals surface area contributed by atoms with Gasteiger partial charge in [0.25, 0.3) is 0 Å². The van der Waals surface area contributed by atoms with Gasteiger partial charge in [-0.1, -0.05) is 6.92 Å². The first-order chi connectivity index (χ1) is 9.56. The molecule has 1 aromatic heterocycles. The van der Waals surface area contributed by atoms with Crippen molar-refractivity contribution in [1.29, 1.82) is 0 Å². The monoisotopic (exact) mass is 298 g/mol. The lowest BCUT2D eigenvalue weighted by molar-refractivity contribution is 0.268. The van der Waals surface area contributed by atoms with E-state index in [-0.39, 0.29) is 4.90 Å². The molecule has 1 aliphatic rings. The van der Waals surface area contributed by atoms with E-state index in [1.807, 2.05) is 0 Å². The van der Waals surface area contributed by atoms with Crippen LogP contribution in [0.1, 0.15) is 25.5 Å². The van der Waals surface area contributed by atoms with E-state index in [1.54, 1.807) is 12.1 Å². The maximum atomic E-state index is 12.2. The van der Waals surface area contributed by atoms with Crippen molar-refractivity contribution in [2.24, 2.45) is 5.73 Å². The summed E-state index contributed by atoms with van der Waals surface area (Å²) in [5.41, 5.74) is 6.13. The van der Waals surface area contributed by atoms with Crippen LogP contribution >= 0.6 is 0 Å². The molecule has 1 unspecified atom stereocenters. The predicted octanol–water partition coefficient (Wildman–Crippen LogP) is 0.303. The summed E-state index contributed by atoms with van der Waals surface area (Å²) >= 11 is 0. The summed E-state index contributed by atoms with van der Waals surface area (Å²) in [7, 11) is -3.48. The van der Waals surface area contributed by atoms with Gasteiger partial charge in [-0.2, -0.15) is 0 Å². The van der Waals surface area contributed by atoms with Crippen molar-refractivity contribution in [2.75, 3.05) is 19.6 Å². The molecule has 20 heavy (non-hydrogen) atoms. The Morgan fingerprint density at radius 1 is 1.50 bits per heavy atom. The third-order valence-corrected chi connectivity index (χ3v) is 5.14. The molecule has 1 fully saturated rings. The van der Waals surface area contributed by atoms with Crippen molar-refractivity contribution in [3.8, 4) is 0 Å². The molecule has 3 N–H and O–H groups in total. The van der Waals surface area contributed by atoms with Gasteiger partial charge < -0.3 is 5.73 Å². The molecule has 112 valence electrons. The average molecular weight is 298 g/mol. The molecule has 6 nitrogen and oxygen atoms in total. The highest BCUT2D eigenvalue weighted by Gasteiger charge is 2.25. The zero-order valence-corrected chi connectivity index (χ0v) is 12.6. The first kappa shape index (κ1) is 15.4. The Bertz CT molecular complexity index is 530. The number of nitrogens with zero attached hydrogens (tertiary/aromatic N) is 2. The van der Waals surface area contributed by atoms with Crippen molar-refractivity contribution in [1.82, 2.24) is 14.6 Å². The summed E-state index contributed by atoms with van der Waals surface area (Å²) in [6.45, 7) is 4.87. The average Bonchev–Trinajstić information content (AvgIpc) is 2.93. The third-order valence-electron chi connectivity index (χ3n) is 3.73. The number of sulfonamides is 1. The molecule has 7 heteroatoms. The van der Waals surface area contributed by atoms with Crippen LogP contribution in [0.25, 0.3) is 0 Å². The van der Waals surface area contributed by atoms with E-state index in [0.29, 0.717) is 24.8 Å². The van der Waals surface area contributed by atoms with Crippen LogP contribution in [0.2, 0.25) is 0 Å². The van der Waals surface area contributed by atoms with Crippen LogP contribution in [0.5, 0.6) is 0 Å². The molecule has 0 amide bonds. The summed E-state index contributed by atoms with van der Waals surface area (Å²) in [6, 6.07) is 3.48. The summed E-state index contributed by atoms with van der Waals surface area (Å²) in [4.78, 5) is 6.51. The number of likely N-dealkylation sites (tertiary alicyclic amines) is 1. The molecule has 2 rings (SSSR count). The Morgan fingerprint density at radius 3 is 2.90 bits per heavy atom. The minimum Gasteiger partial charge on any atom is -0.325 e. The van der Waals surface area contributed by atoms with Crippen LogP contribution in [-0.2, 0) is 16.6 Å². The Balaban J connectivity index is 1.99. The maximum Gasteiger partial charge on any atom is 0.242 e. The zero-order valence-electron chi connectivity index (χ0n) is 11.7. The van der Waals surface area contributed by atoms with Crippen molar-refractivity contribution < 1.29 is 8.42 Å². The lowest BCUT2D eigenvalue weighted by Gasteiger charge is -2.22. The summed E-state index contributed by atoms with van der Waals surface area (Å²) in [6.07, 6.45) is 3.53. The highest BCUT2D eigenvalue weighted by atomic mass is 32.2. The fourth-order valence-corrected chi connectivity index (χ4v) is 3.54. The number of aromatic nitrogens is 1. The second-order valence-corrected chi connectivity index (χ2v) is 6.73. The van der Waals surface area contributed by atoms with Gasteiger partial charge in [0.05, 0.1) is 5.69 Å². The van der Waals surface area contributed by atoms with Gasteiger partial charge in [0.2, 0.25) is 10.0 Å². The van der Waals surface area contributed by atoms with Crippen LogP contribution in [0.3, 0.4) is 0 Å². The Hall–Kier alpha value is -1.02. The molecule has 1 aliphatic heterocycles. The van der Waals surface area contributed by atoms with Crippen LogP contribution in [-0.4, -0.2) is 44.0 Å². The van der Waals surface area contributed by atoms with Gasteiger partial charge in [0.15, 0.2) is 0 Å². The molecule has 0 radical (unpaired) electrons. The molecule has 0 spiro atoms. The smallest absolute Gasteiger partial charge is 0.242 e. The van der Waals surface area contributed by atoms with Crippen molar-refractivity contribution in [3.05, 3.63) is 24.0 Å². The SMILES string of the molecule is CCN1CCCC1CNS(=O)(=O)c1ccc(CN)nc1. The Kier molecular flexibility index (Phi) is 5.09. The normalized spacial score (nSPS) is 20.4. The fraction of sp³-hybridized carbons (Fsp3) is 0.615. The zero-order chi connectivity index (χ0) is 14.6. The number of likely N-dealkylation sites (N-methyl/N-ethyl adjacent to an activating group) is 1. The van der Waals surface area contributed by atoms with Gasteiger partial charge in [0.1, 0.15) is 4.90 Å². The lowest BCUT2D eigenvalue weighted by Crippen LogP contribution is -2.40. The van der Waals surface area contributed by atoms with E-state index in [1.165, 1.54) is 6.20 Å². The predicted molar refractivity (Wildman–Crippen MR) is 77.6 cm³/mol. The summed E-state index contributed by atoms with van der Waals surface area (Å²) in [5.74, 6) is 0. The number of pyridine rings is 1. The Morgan fingerprint density at radius 2 is 2.30 bits per heavy atom. The van der Waals surface area contributed by atoms with Gasteiger partial charge in [-0.05, 0) is 38.1 Å². The lowest BCUT2D eigenvalue weighted by atomic mass is 10.2. The molecular formula is C13H22N4O2S. The standard InChI is InChI=1S/C13H22N4O2S/c1-2-17-7-3-4-12(17)9-16-20(18,19)13-6-5-11(8-14)15-10-13/h5-6,10,12,16H,2-4,7-9,14H2,1H3. The van der Waals surface area contributed by atoms with E-state index in [0.717, 1.165) is 25.9 Å². The molecular weight excluding hydrogens is 276 g/mol. The first-order valence-corrected chi connectivity index (χ1v) is 8.44. The van der Waals surface area contributed by atoms with E-state index < -0.39 is 10.0 Å². The number of nitrogens with two attached hydrogens (primary N) is 1. The highest BCUT2D eigenvalue weighted by Crippen LogP contribution is 2.16. The van der Waals surface area contributed by atoms with E-state index in [2.05, 4.69) is 21.5 Å². The maximum absolute atomic E-state index is 12.2. The largest absolute Gasteiger partial charge is 0.325 e. The van der Waals surface area contributed by atoms with Crippen molar-refractivity contribution in [2.45, 2.75) is 37.2 Å². The molecule has 0 bridgehead atoms. The van der Waals surface area contributed by atoms with Crippen LogP contribution in [0.15, 0.2) is 23.2 Å². The third kappa shape index (κ3) is 3.54. The van der Waals surface area contributed by atoms with E-state index in [4.69, 9.17) is 5.73 Å². The second-order valence-electron chi connectivity index (χ2n) is 4.97. The summed E-state index contributed by atoms with van der Waals surface area (Å²) in [5, 5.41) is 0. The topological polar surface area (TPSA) is 88.3 Å². The van der Waals surface area contributed by atoms with E-state index in [9.17, 15) is 8.42 Å². The molecule has 0 saturated carbocycles. The number of nitrogens with one attached hydrogen (secondary N) is 1. The van der Waals surface area contributed by atoms with Crippen LogP contribution in [0, 0.1) is 0 Å². The second kappa shape index (κ2) is 6.62. The summed E-state index contributed by atoms with van der Waals surface area (Å²) < 4.78 is 27.0. The van der Waals surface area contributed by atoms with Crippen molar-refractivity contribution >= 4 is 10.0 Å². The molecule has 1 saturated heterocycles. The fourth-order valence-electron chi connectivity index (χ4n) is 2.52. The van der Waals surface area contributed by atoms with Gasteiger partial charge in [-0.25, -0.2) is 13.1 Å². The first-order valence-electron chi connectivity index (χ1n) is 6.95. The van der Waals surface area contributed by atoms with E-state index >= 15 is 0 Å². The number of rotatable bonds is 6. The van der Waals surface area contributed by atoms with Gasteiger partial charge in [-0.15, -0.1) is 0 Å². The minimum absolute atomic E-state index is 0.191. The van der Waals surface area contributed by atoms with Crippen LogP contribution in [0.4, 0.5) is 0 Å². The van der Waals surface area contributed by atoms with Crippen LogP contribution < -0.4 is 10.5 Å². The molecule has 1 atom stereocenters. The van der Waals surface area contributed by atoms with Gasteiger partial charge >= 0.3 is 0 Å². The quantitative estimate of drug-likeness (QED) is 0.789. The highest BCUT2D eigenvalue weighted by molar-refractivity contribution is 7.89. The number of hydrogen-bond acceptors (Lipinski definition) is 5. The molecule has 0 aliphatic carbocycles. The van der Waals surface area contributed by atoms with Gasteiger partial charge in [0, 0.05) is 25.3 Å². The minimum atomic E-state index is -3.48. The van der Waals surface area contributed by atoms with Crippen molar-refractivity contribution in [3.63, 3.8) is 0 Å². The number of hydrogen-bond donors (Lipinski definition) is 2. The molecule has 1 aromatic rings. The molecule has 0 aromatic carbocycles. The Labute approximate surface area is 120 Å².